The molecular weight excluding hydrogens is 236 g/mol. The van der Waals surface area contributed by atoms with Crippen molar-refractivity contribution in [3.05, 3.63) is 17.2 Å². The zero-order valence-electron chi connectivity index (χ0n) is 12.9. The molecule has 108 valence electrons. The minimum atomic E-state index is 0.554. The van der Waals surface area contributed by atoms with E-state index in [4.69, 9.17) is 4.98 Å². The zero-order chi connectivity index (χ0) is 13.8. The van der Waals surface area contributed by atoms with Crippen LogP contribution in [0.3, 0.4) is 0 Å². The molecule has 1 atom stereocenters. The maximum absolute atomic E-state index is 4.88. The Balaban J connectivity index is 2.22. The van der Waals surface area contributed by atoms with Crippen molar-refractivity contribution in [3.63, 3.8) is 0 Å². The Hall–Kier alpha value is -0.870. The summed E-state index contributed by atoms with van der Waals surface area (Å²) in [6, 6.07) is 0.554. The summed E-state index contributed by atoms with van der Waals surface area (Å²) in [6.45, 7) is 7.75. The Morgan fingerprint density at radius 2 is 2.21 bits per heavy atom. The average molecular weight is 264 g/mol. The van der Waals surface area contributed by atoms with Gasteiger partial charge in [-0.1, -0.05) is 6.92 Å². The van der Waals surface area contributed by atoms with Crippen molar-refractivity contribution in [1.29, 1.82) is 0 Å². The Morgan fingerprint density at radius 1 is 1.42 bits per heavy atom. The highest BCUT2D eigenvalue weighted by Gasteiger charge is 2.22. The first kappa shape index (κ1) is 14.5. The van der Waals surface area contributed by atoms with E-state index in [1.807, 2.05) is 0 Å². The fourth-order valence-electron chi connectivity index (χ4n) is 2.88. The number of imidazole rings is 1. The lowest BCUT2D eigenvalue weighted by Crippen LogP contribution is -2.26. The highest BCUT2D eigenvalue weighted by atomic mass is 15.1. The number of fused-ring (bicyclic) bond motifs is 1. The van der Waals surface area contributed by atoms with E-state index in [2.05, 4.69) is 42.7 Å². The number of aryl methyl sites for hydroxylation is 1. The lowest BCUT2D eigenvalue weighted by Gasteiger charge is -2.23. The van der Waals surface area contributed by atoms with Gasteiger partial charge in [0.2, 0.25) is 0 Å². The molecule has 1 aromatic heterocycles. The lowest BCUT2D eigenvalue weighted by atomic mass is 10.1. The molecular formula is C15H28N4. The van der Waals surface area contributed by atoms with Crippen LogP contribution in [0.2, 0.25) is 0 Å². The summed E-state index contributed by atoms with van der Waals surface area (Å²) in [6.07, 6.45) is 4.58. The third-order valence-electron chi connectivity index (χ3n) is 3.91. The fraction of sp³-hybridized carbons (Fsp3) is 0.800. The minimum Gasteiger partial charge on any atom is -0.329 e. The normalized spacial score (nSPS) is 16.7. The van der Waals surface area contributed by atoms with E-state index in [1.165, 1.54) is 30.1 Å². The van der Waals surface area contributed by atoms with E-state index >= 15 is 0 Å². The van der Waals surface area contributed by atoms with Crippen LogP contribution in [0.5, 0.6) is 0 Å². The van der Waals surface area contributed by atoms with Crippen molar-refractivity contribution < 1.29 is 0 Å². The van der Waals surface area contributed by atoms with Crippen LogP contribution in [0.25, 0.3) is 0 Å². The standard InChI is InChI=1S/C15H28N4/c1-5-6-15-17-13-11-16-9-7-14(13)19(15)12(2)8-10-18(3)4/h12,16H,5-11H2,1-4H3. The number of rotatable bonds is 6. The molecule has 0 radical (unpaired) electrons. The molecule has 4 nitrogen and oxygen atoms in total. The van der Waals surface area contributed by atoms with E-state index < -0.39 is 0 Å². The van der Waals surface area contributed by atoms with Crippen LogP contribution < -0.4 is 5.32 Å². The molecule has 0 bridgehead atoms. The van der Waals surface area contributed by atoms with Gasteiger partial charge in [-0.15, -0.1) is 0 Å². The second-order valence-electron chi connectivity index (χ2n) is 5.91. The van der Waals surface area contributed by atoms with Gasteiger partial charge in [-0.25, -0.2) is 4.98 Å². The molecule has 0 saturated heterocycles. The summed E-state index contributed by atoms with van der Waals surface area (Å²) in [5, 5.41) is 3.43. The van der Waals surface area contributed by atoms with E-state index in [-0.39, 0.29) is 0 Å². The number of nitrogens with one attached hydrogen (secondary N) is 1. The highest BCUT2D eigenvalue weighted by Crippen LogP contribution is 2.24. The molecule has 1 aliphatic rings. The second kappa shape index (κ2) is 6.53. The van der Waals surface area contributed by atoms with E-state index in [9.17, 15) is 0 Å². The number of aromatic nitrogens is 2. The largest absolute Gasteiger partial charge is 0.329 e. The van der Waals surface area contributed by atoms with Gasteiger partial charge in [0.25, 0.3) is 0 Å². The van der Waals surface area contributed by atoms with Crippen LogP contribution in [0.4, 0.5) is 0 Å². The lowest BCUT2D eigenvalue weighted by molar-refractivity contribution is 0.350. The highest BCUT2D eigenvalue weighted by molar-refractivity contribution is 5.21. The van der Waals surface area contributed by atoms with Crippen molar-refractivity contribution in [2.75, 3.05) is 27.2 Å². The predicted octanol–water partition coefficient (Wildman–Crippen LogP) is 1.99. The molecule has 0 aliphatic carbocycles. The van der Waals surface area contributed by atoms with Crippen molar-refractivity contribution in [2.45, 2.75) is 52.1 Å². The van der Waals surface area contributed by atoms with Crippen LogP contribution >= 0.6 is 0 Å². The fourth-order valence-corrected chi connectivity index (χ4v) is 2.88. The van der Waals surface area contributed by atoms with Crippen LogP contribution in [0, 0.1) is 0 Å². The van der Waals surface area contributed by atoms with Gasteiger partial charge in [0, 0.05) is 37.7 Å². The number of hydrogen-bond donors (Lipinski definition) is 1. The molecule has 0 fully saturated rings. The predicted molar refractivity (Wildman–Crippen MR) is 79.5 cm³/mol. The maximum Gasteiger partial charge on any atom is 0.109 e. The van der Waals surface area contributed by atoms with Crippen LogP contribution in [0.1, 0.15) is 49.9 Å². The Labute approximate surface area is 117 Å². The molecule has 0 amide bonds. The van der Waals surface area contributed by atoms with Crippen molar-refractivity contribution in [3.8, 4) is 0 Å². The first-order valence-electron chi connectivity index (χ1n) is 7.57. The SMILES string of the molecule is CCCc1nc2c(n1C(C)CCN(C)C)CCNC2. The summed E-state index contributed by atoms with van der Waals surface area (Å²) in [5.74, 6) is 1.29. The summed E-state index contributed by atoms with van der Waals surface area (Å²) < 4.78 is 2.53. The average Bonchev–Trinajstić information content (AvgIpc) is 2.74. The molecule has 0 aromatic carbocycles. The molecule has 2 heterocycles. The molecule has 1 N–H and O–H groups in total. The van der Waals surface area contributed by atoms with Gasteiger partial charge in [0.05, 0.1) is 5.69 Å². The third kappa shape index (κ3) is 3.37. The van der Waals surface area contributed by atoms with E-state index in [0.717, 1.165) is 32.5 Å². The molecule has 4 heteroatoms. The van der Waals surface area contributed by atoms with Gasteiger partial charge in [-0.3, -0.25) is 0 Å². The first-order valence-corrected chi connectivity index (χ1v) is 7.57. The van der Waals surface area contributed by atoms with Gasteiger partial charge >= 0.3 is 0 Å². The van der Waals surface area contributed by atoms with Gasteiger partial charge in [-0.05, 0) is 40.4 Å². The molecule has 0 spiro atoms. The van der Waals surface area contributed by atoms with Gasteiger partial charge < -0.3 is 14.8 Å². The Morgan fingerprint density at radius 3 is 2.89 bits per heavy atom. The summed E-state index contributed by atoms with van der Waals surface area (Å²) in [4.78, 5) is 7.14. The zero-order valence-corrected chi connectivity index (χ0v) is 12.9. The topological polar surface area (TPSA) is 33.1 Å². The molecule has 19 heavy (non-hydrogen) atoms. The quantitative estimate of drug-likeness (QED) is 0.853. The first-order chi connectivity index (χ1) is 9.13. The molecule has 1 unspecified atom stereocenters. The van der Waals surface area contributed by atoms with Gasteiger partial charge in [0.1, 0.15) is 5.82 Å². The number of hydrogen-bond acceptors (Lipinski definition) is 3. The number of nitrogens with zero attached hydrogens (tertiary/aromatic N) is 3. The summed E-state index contributed by atoms with van der Waals surface area (Å²) >= 11 is 0. The van der Waals surface area contributed by atoms with Crippen molar-refractivity contribution >= 4 is 0 Å². The van der Waals surface area contributed by atoms with E-state index in [0.29, 0.717) is 6.04 Å². The molecule has 1 aromatic rings. The summed E-state index contributed by atoms with van der Waals surface area (Å²) in [7, 11) is 4.29. The van der Waals surface area contributed by atoms with Crippen LogP contribution in [0.15, 0.2) is 0 Å². The minimum absolute atomic E-state index is 0.554. The smallest absolute Gasteiger partial charge is 0.109 e. The Bertz CT molecular complexity index is 409. The van der Waals surface area contributed by atoms with E-state index in [1.54, 1.807) is 0 Å². The van der Waals surface area contributed by atoms with Crippen LogP contribution in [-0.4, -0.2) is 41.6 Å². The van der Waals surface area contributed by atoms with Crippen molar-refractivity contribution in [2.24, 2.45) is 0 Å². The Kier molecular flexibility index (Phi) is 4.99. The summed E-state index contributed by atoms with van der Waals surface area (Å²) in [5.41, 5.74) is 2.76. The molecule has 2 rings (SSSR count). The monoisotopic (exact) mass is 264 g/mol. The molecule has 1 aliphatic heterocycles. The van der Waals surface area contributed by atoms with Gasteiger partial charge in [-0.2, -0.15) is 0 Å². The van der Waals surface area contributed by atoms with Gasteiger partial charge in [0.15, 0.2) is 0 Å². The molecule has 0 saturated carbocycles. The van der Waals surface area contributed by atoms with Crippen LogP contribution in [-0.2, 0) is 19.4 Å². The third-order valence-corrected chi connectivity index (χ3v) is 3.91. The maximum atomic E-state index is 4.88. The van der Waals surface area contributed by atoms with Crippen molar-refractivity contribution in [1.82, 2.24) is 19.8 Å². The second-order valence-corrected chi connectivity index (χ2v) is 5.91.